The van der Waals surface area contributed by atoms with Crippen LogP contribution in [0.25, 0.3) is 0 Å². The van der Waals surface area contributed by atoms with Gasteiger partial charge >= 0.3 is 5.97 Å². The van der Waals surface area contributed by atoms with Gasteiger partial charge in [0.2, 0.25) is 5.82 Å². The molecule has 1 aromatic heterocycles. The predicted molar refractivity (Wildman–Crippen MR) is 65.4 cm³/mol. The van der Waals surface area contributed by atoms with Crippen molar-refractivity contribution in [1.82, 2.24) is 9.97 Å². The number of rotatable bonds is 4. The van der Waals surface area contributed by atoms with Crippen LogP contribution in [0.1, 0.15) is 23.5 Å². The van der Waals surface area contributed by atoms with Crippen LogP contribution < -0.4 is 4.90 Å². The number of hydrogen-bond donors (Lipinski definition) is 1. The van der Waals surface area contributed by atoms with Crippen LogP contribution in [0.3, 0.4) is 0 Å². The molecule has 0 bridgehead atoms. The summed E-state index contributed by atoms with van der Waals surface area (Å²) >= 11 is 0. The van der Waals surface area contributed by atoms with E-state index in [4.69, 9.17) is 0 Å². The summed E-state index contributed by atoms with van der Waals surface area (Å²) in [6.45, 7) is 0.814. The molecular formula is C12H17N3O3. The van der Waals surface area contributed by atoms with Crippen LogP contribution in [-0.2, 0) is 4.74 Å². The number of esters is 1. The van der Waals surface area contributed by atoms with E-state index < -0.39 is 5.97 Å². The van der Waals surface area contributed by atoms with Crippen molar-refractivity contribution in [3.63, 3.8) is 0 Å². The van der Waals surface area contributed by atoms with Gasteiger partial charge in [0.05, 0.1) is 13.2 Å². The Hall–Kier alpha value is -1.69. The van der Waals surface area contributed by atoms with Crippen molar-refractivity contribution in [3.05, 3.63) is 18.1 Å². The van der Waals surface area contributed by atoms with Crippen molar-refractivity contribution in [1.29, 1.82) is 0 Å². The van der Waals surface area contributed by atoms with Crippen LogP contribution in [0.15, 0.2) is 12.3 Å². The summed E-state index contributed by atoms with van der Waals surface area (Å²) in [6.07, 6.45) is 3.05. The van der Waals surface area contributed by atoms with Gasteiger partial charge in [0.1, 0.15) is 5.82 Å². The van der Waals surface area contributed by atoms with Crippen LogP contribution in [-0.4, -0.2) is 47.8 Å². The highest BCUT2D eigenvalue weighted by molar-refractivity contribution is 5.85. The van der Waals surface area contributed by atoms with Gasteiger partial charge in [-0.1, -0.05) is 0 Å². The molecule has 1 heterocycles. The van der Waals surface area contributed by atoms with Gasteiger partial charge < -0.3 is 14.7 Å². The van der Waals surface area contributed by atoms with E-state index in [0.717, 1.165) is 19.4 Å². The van der Waals surface area contributed by atoms with Crippen molar-refractivity contribution < 1.29 is 14.6 Å². The van der Waals surface area contributed by atoms with Gasteiger partial charge in [-0.25, -0.2) is 14.8 Å². The number of aromatic nitrogens is 2. The molecule has 1 aliphatic rings. The monoisotopic (exact) mass is 251 g/mol. The van der Waals surface area contributed by atoms with Gasteiger partial charge in [-0.15, -0.1) is 0 Å². The summed E-state index contributed by atoms with van der Waals surface area (Å²) in [5.41, 5.74) is 0. The first-order chi connectivity index (χ1) is 8.60. The standard InChI is InChI=1S/C12H17N3O3/c1-15(7-8-5-9(16)6-8)10-3-4-13-11(14-10)12(17)18-2/h3-4,8-9,16H,5-7H2,1-2H3. The maximum atomic E-state index is 11.3. The smallest absolute Gasteiger partial charge is 0.376 e. The lowest BCUT2D eigenvalue weighted by molar-refractivity contribution is 0.0464. The molecule has 1 N–H and O–H groups in total. The first-order valence-corrected chi connectivity index (χ1v) is 5.90. The maximum Gasteiger partial charge on any atom is 0.376 e. The largest absolute Gasteiger partial charge is 0.463 e. The first kappa shape index (κ1) is 12.8. The Bertz CT molecular complexity index is 432. The molecule has 0 aliphatic heterocycles. The molecule has 98 valence electrons. The number of carbonyl (C=O) groups excluding carboxylic acids is 1. The molecule has 0 aromatic carbocycles. The van der Waals surface area contributed by atoms with Gasteiger partial charge in [-0.2, -0.15) is 0 Å². The van der Waals surface area contributed by atoms with Gasteiger partial charge in [0.15, 0.2) is 0 Å². The molecule has 6 heteroatoms. The molecular weight excluding hydrogens is 234 g/mol. The lowest BCUT2D eigenvalue weighted by atomic mass is 9.82. The third-order valence-corrected chi connectivity index (χ3v) is 3.14. The fraction of sp³-hybridized carbons (Fsp3) is 0.583. The molecule has 0 spiro atoms. The second-order valence-corrected chi connectivity index (χ2v) is 4.60. The molecule has 0 radical (unpaired) electrons. The van der Waals surface area contributed by atoms with Crippen LogP contribution in [0, 0.1) is 5.92 Å². The Morgan fingerprint density at radius 3 is 2.94 bits per heavy atom. The Morgan fingerprint density at radius 1 is 1.61 bits per heavy atom. The van der Waals surface area contributed by atoms with Crippen molar-refractivity contribution in [2.45, 2.75) is 18.9 Å². The zero-order valence-corrected chi connectivity index (χ0v) is 10.5. The molecule has 0 saturated heterocycles. The van der Waals surface area contributed by atoms with E-state index in [1.165, 1.54) is 7.11 Å². The van der Waals surface area contributed by atoms with E-state index in [0.29, 0.717) is 11.7 Å². The summed E-state index contributed by atoms with van der Waals surface area (Å²) in [5, 5.41) is 9.25. The summed E-state index contributed by atoms with van der Waals surface area (Å²) in [5.74, 6) is 0.702. The van der Waals surface area contributed by atoms with E-state index in [1.807, 2.05) is 11.9 Å². The Morgan fingerprint density at radius 2 is 2.33 bits per heavy atom. The topological polar surface area (TPSA) is 75.5 Å². The number of hydrogen-bond acceptors (Lipinski definition) is 6. The fourth-order valence-electron chi connectivity index (χ4n) is 2.08. The minimum absolute atomic E-state index is 0.0653. The van der Waals surface area contributed by atoms with Crippen molar-refractivity contribution in [3.8, 4) is 0 Å². The number of aliphatic hydroxyl groups excluding tert-OH is 1. The molecule has 6 nitrogen and oxygen atoms in total. The maximum absolute atomic E-state index is 11.3. The highest BCUT2D eigenvalue weighted by atomic mass is 16.5. The number of aliphatic hydroxyl groups is 1. The minimum atomic E-state index is -0.538. The third-order valence-electron chi connectivity index (χ3n) is 3.14. The molecule has 0 amide bonds. The van der Waals surface area contributed by atoms with Gasteiger partial charge in [0, 0.05) is 19.8 Å². The molecule has 0 atom stereocenters. The number of carbonyl (C=O) groups is 1. The average Bonchev–Trinajstić information content (AvgIpc) is 2.36. The summed E-state index contributed by atoms with van der Waals surface area (Å²) in [6, 6.07) is 1.75. The Balaban J connectivity index is 2.01. The van der Waals surface area contributed by atoms with Crippen LogP contribution >= 0.6 is 0 Å². The summed E-state index contributed by atoms with van der Waals surface area (Å²) in [4.78, 5) is 21.3. The van der Waals surface area contributed by atoms with E-state index in [2.05, 4.69) is 14.7 Å². The molecule has 1 aliphatic carbocycles. The second kappa shape index (κ2) is 5.30. The zero-order valence-electron chi connectivity index (χ0n) is 10.5. The van der Waals surface area contributed by atoms with E-state index in [-0.39, 0.29) is 11.9 Å². The second-order valence-electron chi connectivity index (χ2n) is 4.60. The zero-order chi connectivity index (χ0) is 13.1. The molecule has 18 heavy (non-hydrogen) atoms. The van der Waals surface area contributed by atoms with Gasteiger partial charge in [0.25, 0.3) is 0 Å². The Kier molecular flexibility index (Phi) is 3.76. The highest BCUT2D eigenvalue weighted by Crippen LogP contribution is 2.28. The van der Waals surface area contributed by atoms with E-state index in [9.17, 15) is 9.90 Å². The molecule has 2 rings (SSSR count). The number of anilines is 1. The van der Waals surface area contributed by atoms with Crippen LogP contribution in [0.5, 0.6) is 0 Å². The first-order valence-electron chi connectivity index (χ1n) is 5.90. The van der Waals surface area contributed by atoms with E-state index >= 15 is 0 Å². The van der Waals surface area contributed by atoms with E-state index in [1.54, 1.807) is 12.3 Å². The predicted octanol–water partition coefficient (Wildman–Crippen LogP) is 0.470. The normalized spacial score (nSPS) is 22.2. The van der Waals surface area contributed by atoms with Crippen molar-refractivity contribution in [2.75, 3.05) is 25.6 Å². The van der Waals surface area contributed by atoms with Gasteiger partial charge in [-0.3, -0.25) is 0 Å². The molecule has 1 aromatic rings. The lowest BCUT2D eigenvalue weighted by Gasteiger charge is -2.34. The molecule has 1 saturated carbocycles. The number of methoxy groups -OCH3 is 1. The average molecular weight is 251 g/mol. The fourth-order valence-corrected chi connectivity index (χ4v) is 2.08. The summed E-state index contributed by atoms with van der Waals surface area (Å²) < 4.78 is 4.58. The highest BCUT2D eigenvalue weighted by Gasteiger charge is 2.28. The minimum Gasteiger partial charge on any atom is -0.463 e. The quantitative estimate of drug-likeness (QED) is 0.784. The van der Waals surface area contributed by atoms with Crippen molar-refractivity contribution in [2.24, 2.45) is 5.92 Å². The SMILES string of the molecule is COC(=O)c1nccc(N(C)CC2CC(O)C2)n1. The Labute approximate surface area is 106 Å². The van der Waals surface area contributed by atoms with Crippen LogP contribution in [0.2, 0.25) is 0 Å². The molecule has 0 unspecified atom stereocenters. The lowest BCUT2D eigenvalue weighted by Crippen LogP contribution is -2.37. The number of nitrogens with zero attached hydrogens (tertiary/aromatic N) is 3. The number of ether oxygens (including phenoxy) is 1. The third kappa shape index (κ3) is 2.76. The molecule has 1 fully saturated rings. The van der Waals surface area contributed by atoms with Crippen LogP contribution in [0.4, 0.5) is 5.82 Å². The van der Waals surface area contributed by atoms with Crippen molar-refractivity contribution >= 4 is 11.8 Å². The van der Waals surface area contributed by atoms with Gasteiger partial charge in [-0.05, 0) is 24.8 Å². The summed E-state index contributed by atoms with van der Waals surface area (Å²) in [7, 11) is 3.21.